The molecule has 2 N–H and O–H groups in total. The summed E-state index contributed by atoms with van der Waals surface area (Å²) in [5.41, 5.74) is 2.74. The van der Waals surface area contributed by atoms with Gasteiger partial charge in [0.25, 0.3) is 0 Å². The molecule has 0 aliphatic carbocycles. The minimum Gasteiger partial charge on any atom is -0.486 e. The highest BCUT2D eigenvalue weighted by Crippen LogP contribution is 2.33. The lowest BCUT2D eigenvalue weighted by molar-refractivity contribution is 0.169. The van der Waals surface area contributed by atoms with Gasteiger partial charge in [0.1, 0.15) is 13.2 Å². The number of para-hydroxylation sites is 1. The second kappa shape index (κ2) is 7.45. The highest BCUT2D eigenvalue weighted by molar-refractivity contribution is 7.14. The zero-order valence-corrected chi connectivity index (χ0v) is 14.7. The number of benzene rings is 2. The van der Waals surface area contributed by atoms with Crippen molar-refractivity contribution in [2.24, 2.45) is 0 Å². The molecule has 0 spiro atoms. The van der Waals surface area contributed by atoms with E-state index in [1.165, 1.54) is 11.3 Å². The van der Waals surface area contributed by atoms with Crippen molar-refractivity contribution in [1.82, 2.24) is 10.3 Å². The molecular weight excluding hydrogens is 350 g/mol. The smallest absolute Gasteiger partial charge is 0.321 e. The zero-order valence-electron chi connectivity index (χ0n) is 13.9. The summed E-state index contributed by atoms with van der Waals surface area (Å²) in [6, 6.07) is 15.2. The minimum atomic E-state index is -0.312. The number of ether oxygens (including phenoxy) is 2. The molecule has 0 atom stereocenters. The van der Waals surface area contributed by atoms with Gasteiger partial charge in [-0.1, -0.05) is 42.5 Å². The summed E-state index contributed by atoms with van der Waals surface area (Å²) < 4.78 is 11.2. The summed E-state index contributed by atoms with van der Waals surface area (Å²) in [6.45, 7) is 1.39. The van der Waals surface area contributed by atoms with Gasteiger partial charge in [0.2, 0.25) is 0 Å². The van der Waals surface area contributed by atoms with Crippen LogP contribution in [-0.2, 0) is 6.54 Å². The van der Waals surface area contributed by atoms with Crippen LogP contribution in [-0.4, -0.2) is 24.2 Å². The molecule has 2 heterocycles. The monoisotopic (exact) mass is 367 g/mol. The molecule has 0 radical (unpaired) electrons. The number of carbonyl (C=O) groups excluding carboxylic acids is 1. The Labute approximate surface area is 154 Å². The highest BCUT2D eigenvalue weighted by atomic mass is 32.1. The fourth-order valence-corrected chi connectivity index (χ4v) is 3.38. The normalized spacial score (nSPS) is 12.5. The number of urea groups is 1. The van der Waals surface area contributed by atoms with E-state index in [2.05, 4.69) is 15.6 Å². The van der Waals surface area contributed by atoms with Crippen LogP contribution in [0.3, 0.4) is 0 Å². The molecule has 0 unspecified atom stereocenters. The fourth-order valence-electron chi connectivity index (χ4n) is 2.66. The predicted octanol–water partition coefficient (Wildman–Crippen LogP) is 3.90. The standard InChI is InChI=1S/C19H17N3O3S/c23-18(20-11-14-7-4-8-16-17(14)25-10-9-24-16)22-19-21-15(12-26-19)13-5-2-1-3-6-13/h1-8,12H,9-11H2,(H2,20,21,22,23). The second-order valence-corrected chi connectivity index (χ2v) is 6.51. The number of rotatable bonds is 4. The van der Waals surface area contributed by atoms with Gasteiger partial charge in [-0.05, 0) is 6.07 Å². The van der Waals surface area contributed by atoms with Gasteiger partial charge in [-0.25, -0.2) is 9.78 Å². The van der Waals surface area contributed by atoms with Crippen LogP contribution in [0, 0.1) is 0 Å². The van der Waals surface area contributed by atoms with Gasteiger partial charge < -0.3 is 14.8 Å². The Bertz CT molecular complexity index is 911. The summed E-state index contributed by atoms with van der Waals surface area (Å²) >= 11 is 1.39. The lowest BCUT2D eigenvalue weighted by Crippen LogP contribution is -2.28. The van der Waals surface area contributed by atoms with Crippen LogP contribution in [0.2, 0.25) is 0 Å². The molecule has 26 heavy (non-hydrogen) atoms. The van der Waals surface area contributed by atoms with Gasteiger partial charge in [-0.15, -0.1) is 11.3 Å². The number of aromatic nitrogens is 1. The van der Waals surface area contributed by atoms with Gasteiger partial charge in [0.15, 0.2) is 16.6 Å². The number of nitrogens with one attached hydrogen (secondary N) is 2. The molecule has 4 rings (SSSR count). The lowest BCUT2D eigenvalue weighted by atomic mass is 10.1. The third kappa shape index (κ3) is 3.62. The van der Waals surface area contributed by atoms with E-state index >= 15 is 0 Å². The second-order valence-electron chi connectivity index (χ2n) is 5.65. The van der Waals surface area contributed by atoms with Gasteiger partial charge in [-0.2, -0.15) is 0 Å². The van der Waals surface area contributed by atoms with Crippen LogP contribution in [0.15, 0.2) is 53.9 Å². The summed E-state index contributed by atoms with van der Waals surface area (Å²) in [6.07, 6.45) is 0. The van der Waals surface area contributed by atoms with Crippen LogP contribution in [0.1, 0.15) is 5.56 Å². The summed E-state index contributed by atoms with van der Waals surface area (Å²) in [5.74, 6) is 1.41. The highest BCUT2D eigenvalue weighted by Gasteiger charge is 2.16. The van der Waals surface area contributed by atoms with Crippen molar-refractivity contribution >= 4 is 22.5 Å². The van der Waals surface area contributed by atoms with Gasteiger partial charge in [0, 0.05) is 23.1 Å². The first-order chi connectivity index (χ1) is 12.8. The molecule has 2 aromatic carbocycles. The van der Waals surface area contributed by atoms with Crippen LogP contribution >= 0.6 is 11.3 Å². The molecule has 3 aromatic rings. The van der Waals surface area contributed by atoms with Crippen molar-refractivity contribution in [3.05, 3.63) is 59.5 Å². The van der Waals surface area contributed by atoms with Crippen molar-refractivity contribution in [3.63, 3.8) is 0 Å². The molecule has 7 heteroatoms. The quantitative estimate of drug-likeness (QED) is 0.733. The summed E-state index contributed by atoms with van der Waals surface area (Å²) in [4.78, 5) is 16.6. The van der Waals surface area contributed by atoms with E-state index in [9.17, 15) is 4.79 Å². The first-order valence-electron chi connectivity index (χ1n) is 8.23. The molecule has 1 aliphatic rings. The van der Waals surface area contributed by atoms with Gasteiger partial charge >= 0.3 is 6.03 Å². The Morgan fingerprint density at radius 2 is 1.92 bits per heavy atom. The number of amides is 2. The maximum atomic E-state index is 12.2. The Balaban J connectivity index is 1.37. The molecule has 0 saturated carbocycles. The van der Waals surface area contributed by atoms with Crippen molar-refractivity contribution in [1.29, 1.82) is 0 Å². The Kier molecular flexibility index (Phi) is 4.70. The van der Waals surface area contributed by atoms with E-state index in [-0.39, 0.29) is 6.03 Å². The minimum absolute atomic E-state index is 0.312. The van der Waals surface area contributed by atoms with E-state index in [1.807, 2.05) is 53.9 Å². The molecule has 2 amide bonds. The summed E-state index contributed by atoms with van der Waals surface area (Å²) in [7, 11) is 0. The molecule has 6 nitrogen and oxygen atoms in total. The van der Waals surface area contributed by atoms with Crippen LogP contribution < -0.4 is 20.1 Å². The van der Waals surface area contributed by atoms with Crippen molar-refractivity contribution < 1.29 is 14.3 Å². The van der Waals surface area contributed by atoms with Gasteiger partial charge in [-0.3, -0.25) is 5.32 Å². The Morgan fingerprint density at radius 1 is 1.08 bits per heavy atom. The number of hydrogen-bond acceptors (Lipinski definition) is 5. The first kappa shape index (κ1) is 16.4. The van der Waals surface area contributed by atoms with E-state index in [0.717, 1.165) is 16.8 Å². The van der Waals surface area contributed by atoms with Crippen LogP contribution in [0.5, 0.6) is 11.5 Å². The van der Waals surface area contributed by atoms with Crippen LogP contribution in [0.4, 0.5) is 9.93 Å². The topological polar surface area (TPSA) is 72.5 Å². The van der Waals surface area contributed by atoms with E-state index in [4.69, 9.17) is 9.47 Å². The van der Waals surface area contributed by atoms with E-state index < -0.39 is 0 Å². The largest absolute Gasteiger partial charge is 0.486 e. The van der Waals surface area contributed by atoms with Crippen molar-refractivity contribution in [2.75, 3.05) is 18.5 Å². The molecule has 132 valence electrons. The average Bonchev–Trinajstić information content (AvgIpc) is 3.15. The third-order valence-electron chi connectivity index (χ3n) is 3.88. The molecule has 0 fully saturated rings. The number of fused-ring (bicyclic) bond motifs is 1. The van der Waals surface area contributed by atoms with E-state index in [0.29, 0.717) is 36.4 Å². The molecular formula is C19H17N3O3S. The predicted molar refractivity (Wildman–Crippen MR) is 101 cm³/mol. The van der Waals surface area contributed by atoms with Gasteiger partial charge in [0.05, 0.1) is 5.69 Å². The maximum Gasteiger partial charge on any atom is 0.321 e. The maximum absolute atomic E-state index is 12.2. The summed E-state index contributed by atoms with van der Waals surface area (Å²) in [5, 5.41) is 8.07. The number of hydrogen-bond donors (Lipinski definition) is 2. The van der Waals surface area contributed by atoms with E-state index in [1.54, 1.807) is 0 Å². The Hall–Kier alpha value is -3.06. The molecule has 0 bridgehead atoms. The molecule has 1 aliphatic heterocycles. The fraction of sp³-hybridized carbons (Fsp3) is 0.158. The lowest BCUT2D eigenvalue weighted by Gasteiger charge is -2.21. The van der Waals surface area contributed by atoms with Crippen molar-refractivity contribution in [3.8, 4) is 22.8 Å². The number of carbonyl (C=O) groups is 1. The number of anilines is 1. The number of nitrogens with zero attached hydrogens (tertiary/aromatic N) is 1. The first-order valence-corrected chi connectivity index (χ1v) is 9.11. The zero-order chi connectivity index (χ0) is 17.8. The third-order valence-corrected chi connectivity index (χ3v) is 4.64. The van der Waals surface area contributed by atoms with Crippen LogP contribution in [0.25, 0.3) is 11.3 Å². The SMILES string of the molecule is O=C(NCc1cccc2c1OCCO2)Nc1nc(-c2ccccc2)cs1. The number of thiazole rings is 1. The average molecular weight is 367 g/mol. The Morgan fingerprint density at radius 3 is 2.81 bits per heavy atom. The molecule has 0 saturated heterocycles. The molecule has 1 aromatic heterocycles. The van der Waals surface area contributed by atoms with Crippen molar-refractivity contribution in [2.45, 2.75) is 6.54 Å².